The number of nitrogens with zero attached hydrogens (tertiary/aromatic N) is 2. The molecule has 0 aromatic heterocycles. The summed E-state index contributed by atoms with van der Waals surface area (Å²) >= 11 is 1.27. The van der Waals surface area contributed by atoms with Crippen LogP contribution in [0.4, 0.5) is 15.8 Å². The Hall–Kier alpha value is -3.72. The molecule has 2 heterocycles. The van der Waals surface area contributed by atoms with Gasteiger partial charge in [0.2, 0.25) is 16.5 Å². The molecule has 3 aromatic rings. The highest BCUT2D eigenvalue weighted by Crippen LogP contribution is 2.57. The minimum atomic E-state index is -1.31. The molecular formula is C26H23FN2O5S. The van der Waals surface area contributed by atoms with Gasteiger partial charge in [-0.2, -0.15) is 0 Å². The number of anilines is 2. The van der Waals surface area contributed by atoms with E-state index in [0.29, 0.717) is 39.8 Å². The molecular weight excluding hydrogens is 471 g/mol. The van der Waals surface area contributed by atoms with E-state index in [0.717, 1.165) is 0 Å². The average molecular weight is 495 g/mol. The fourth-order valence-electron chi connectivity index (χ4n) is 4.73. The quantitative estimate of drug-likeness (QED) is 0.508. The number of hydrogen-bond donors (Lipinski definition) is 0. The minimum absolute atomic E-state index is 0.116. The summed E-state index contributed by atoms with van der Waals surface area (Å²) in [6.07, 6.45) is 0. The summed E-state index contributed by atoms with van der Waals surface area (Å²) in [5, 5.41) is 0. The molecule has 5 rings (SSSR count). The van der Waals surface area contributed by atoms with Crippen molar-refractivity contribution in [1.29, 1.82) is 0 Å². The summed E-state index contributed by atoms with van der Waals surface area (Å²) in [4.78, 5) is 29.3. The normalized spacial score (nSPS) is 18.9. The molecule has 1 atom stereocenters. The molecule has 1 spiro atoms. The Labute approximate surface area is 206 Å². The molecule has 9 heteroatoms. The highest BCUT2D eigenvalue weighted by Gasteiger charge is 2.61. The Morgan fingerprint density at radius 3 is 2.31 bits per heavy atom. The minimum Gasteiger partial charge on any atom is -0.493 e. The summed E-state index contributed by atoms with van der Waals surface area (Å²) < 4.78 is 30.3. The van der Waals surface area contributed by atoms with Crippen molar-refractivity contribution in [3.63, 3.8) is 0 Å². The maximum absolute atomic E-state index is 14.2. The number of carbonyl (C=O) groups is 2. The first-order chi connectivity index (χ1) is 16.9. The molecule has 0 N–H and O–H groups in total. The molecule has 35 heavy (non-hydrogen) atoms. The van der Waals surface area contributed by atoms with Crippen LogP contribution in [0.2, 0.25) is 0 Å². The molecule has 1 saturated heterocycles. The van der Waals surface area contributed by atoms with E-state index in [1.54, 1.807) is 29.2 Å². The Morgan fingerprint density at radius 1 is 0.943 bits per heavy atom. The van der Waals surface area contributed by atoms with Crippen LogP contribution in [0.3, 0.4) is 0 Å². The van der Waals surface area contributed by atoms with Crippen LogP contribution >= 0.6 is 11.8 Å². The molecule has 0 bridgehead atoms. The number of fused-ring (bicyclic) bond motifs is 2. The molecule has 0 unspecified atom stereocenters. The lowest BCUT2D eigenvalue weighted by atomic mass is 10.0. The summed E-state index contributed by atoms with van der Waals surface area (Å²) in [7, 11) is 4.49. The van der Waals surface area contributed by atoms with Crippen molar-refractivity contribution in [3.05, 3.63) is 77.6 Å². The predicted molar refractivity (Wildman–Crippen MR) is 132 cm³/mol. The fourth-order valence-corrected chi connectivity index (χ4v) is 6.09. The van der Waals surface area contributed by atoms with E-state index in [4.69, 9.17) is 14.2 Å². The fraction of sp³-hybridized carbons (Fsp3) is 0.231. The van der Waals surface area contributed by atoms with Gasteiger partial charge < -0.3 is 19.1 Å². The third-order valence-corrected chi connectivity index (χ3v) is 7.59. The zero-order valence-corrected chi connectivity index (χ0v) is 20.2. The maximum Gasteiger partial charge on any atom is 0.269 e. The topological polar surface area (TPSA) is 68.3 Å². The van der Waals surface area contributed by atoms with Crippen molar-refractivity contribution < 1.29 is 28.2 Å². The van der Waals surface area contributed by atoms with Gasteiger partial charge in [0.25, 0.3) is 5.91 Å². The second kappa shape index (κ2) is 8.81. The zero-order chi connectivity index (χ0) is 24.7. The van der Waals surface area contributed by atoms with Gasteiger partial charge in [0.05, 0.1) is 45.0 Å². The highest BCUT2D eigenvalue weighted by molar-refractivity contribution is 8.02. The molecule has 0 radical (unpaired) electrons. The molecule has 180 valence electrons. The number of benzene rings is 3. The van der Waals surface area contributed by atoms with E-state index in [1.165, 1.54) is 50.1 Å². The summed E-state index contributed by atoms with van der Waals surface area (Å²) in [5.74, 6) is 0.381. The maximum atomic E-state index is 14.2. The smallest absolute Gasteiger partial charge is 0.269 e. The Kier molecular flexibility index (Phi) is 5.80. The zero-order valence-electron chi connectivity index (χ0n) is 19.4. The van der Waals surface area contributed by atoms with Crippen LogP contribution in [0.1, 0.15) is 11.1 Å². The molecule has 2 amide bonds. The molecule has 0 saturated carbocycles. The number of amides is 2. The van der Waals surface area contributed by atoms with Crippen molar-refractivity contribution in [2.75, 3.05) is 36.9 Å². The average Bonchev–Trinajstić information content (AvgIpc) is 3.34. The number of halogens is 1. The van der Waals surface area contributed by atoms with Crippen LogP contribution in [0.15, 0.2) is 60.7 Å². The van der Waals surface area contributed by atoms with Gasteiger partial charge in [0.15, 0.2) is 11.5 Å². The van der Waals surface area contributed by atoms with E-state index in [2.05, 4.69) is 0 Å². The van der Waals surface area contributed by atoms with Crippen LogP contribution in [-0.4, -0.2) is 38.9 Å². The lowest BCUT2D eigenvalue weighted by molar-refractivity contribution is -0.123. The van der Waals surface area contributed by atoms with Crippen LogP contribution in [0, 0.1) is 5.82 Å². The molecule has 7 nitrogen and oxygen atoms in total. The van der Waals surface area contributed by atoms with Gasteiger partial charge >= 0.3 is 0 Å². The lowest BCUT2D eigenvalue weighted by Gasteiger charge is -2.33. The SMILES string of the molecule is COc1cc(N2C(=O)CS[C@]23C(=O)N(Cc2cccc(F)c2)c2ccccc23)cc(OC)c1OC. The molecule has 2 aliphatic rings. The first-order valence-corrected chi connectivity index (χ1v) is 11.9. The van der Waals surface area contributed by atoms with Crippen molar-refractivity contribution in [2.24, 2.45) is 0 Å². The van der Waals surface area contributed by atoms with Gasteiger partial charge in [0, 0.05) is 17.7 Å². The Bertz CT molecular complexity index is 1310. The lowest BCUT2D eigenvalue weighted by Crippen LogP contribution is -2.49. The van der Waals surface area contributed by atoms with E-state index < -0.39 is 4.87 Å². The predicted octanol–water partition coefficient (Wildman–Crippen LogP) is 4.33. The van der Waals surface area contributed by atoms with Gasteiger partial charge in [-0.15, -0.1) is 11.8 Å². The Morgan fingerprint density at radius 2 is 1.66 bits per heavy atom. The Balaban J connectivity index is 1.66. The van der Waals surface area contributed by atoms with E-state index in [-0.39, 0.29) is 29.9 Å². The van der Waals surface area contributed by atoms with Crippen LogP contribution < -0.4 is 24.0 Å². The first-order valence-electron chi connectivity index (χ1n) is 10.9. The number of thioether (sulfide) groups is 1. The number of methoxy groups -OCH3 is 3. The first kappa shape index (κ1) is 23.0. The van der Waals surface area contributed by atoms with Crippen molar-refractivity contribution in [2.45, 2.75) is 11.4 Å². The second-order valence-electron chi connectivity index (χ2n) is 8.08. The third-order valence-electron chi connectivity index (χ3n) is 6.20. The van der Waals surface area contributed by atoms with Crippen LogP contribution in [0.25, 0.3) is 0 Å². The second-order valence-corrected chi connectivity index (χ2v) is 9.25. The largest absolute Gasteiger partial charge is 0.493 e. The summed E-state index contributed by atoms with van der Waals surface area (Å²) in [6.45, 7) is 0.174. The third kappa shape index (κ3) is 3.49. The number of ether oxygens (including phenoxy) is 3. The summed E-state index contributed by atoms with van der Waals surface area (Å²) in [6, 6.07) is 16.9. The van der Waals surface area contributed by atoms with E-state index in [9.17, 15) is 14.0 Å². The van der Waals surface area contributed by atoms with Gasteiger partial charge in [0.1, 0.15) is 5.82 Å². The molecule has 0 aliphatic carbocycles. The number of hydrogen-bond acceptors (Lipinski definition) is 6. The van der Waals surface area contributed by atoms with Crippen molar-refractivity contribution in [3.8, 4) is 17.2 Å². The monoisotopic (exact) mass is 494 g/mol. The van der Waals surface area contributed by atoms with Crippen LogP contribution in [-0.2, 0) is 21.0 Å². The molecule has 2 aliphatic heterocycles. The number of para-hydroxylation sites is 1. The van der Waals surface area contributed by atoms with E-state index >= 15 is 0 Å². The highest BCUT2D eigenvalue weighted by atomic mass is 32.2. The van der Waals surface area contributed by atoms with Gasteiger partial charge in [-0.3, -0.25) is 14.5 Å². The standard InChI is InChI=1S/C26H23FN2O5S/c1-32-21-12-18(13-22(33-2)24(21)34-3)29-23(30)15-35-26(29)19-9-4-5-10-20(19)28(25(26)31)14-16-7-6-8-17(27)11-16/h4-13H,14-15H2,1-3H3/t26-/m1/s1. The van der Waals surface area contributed by atoms with Gasteiger partial charge in [-0.1, -0.05) is 30.3 Å². The number of carbonyl (C=O) groups excluding carboxylic acids is 2. The molecule has 3 aromatic carbocycles. The number of rotatable bonds is 6. The van der Waals surface area contributed by atoms with Gasteiger partial charge in [-0.25, -0.2) is 4.39 Å². The van der Waals surface area contributed by atoms with Crippen molar-refractivity contribution in [1.82, 2.24) is 0 Å². The van der Waals surface area contributed by atoms with Crippen molar-refractivity contribution >= 4 is 35.0 Å². The summed E-state index contributed by atoms with van der Waals surface area (Å²) in [5.41, 5.74) is 2.48. The van der Waals surface area contributed by atoms with E-state index in [1.807, 2.05) is 24.3 Å². The van der Waals surface area contributed by atoms with Crippen LogP contribution in [0.5, 0.6) is 17.2 Å². The van der Waals surface area contributed by atoms with Gasteiger partial charge in [-0.05, 0) is 23.8 Å². The molecule has 1 fully saturated rings.